The Morgan fingerprint density at radius 2 is 1.11 bits per heavy atom. The molecule has 5 aromatic carbocycles. The molecule has 0 unspecified atom stereocenters. The van der Waals surface area contributed by atoms with Gasteiger partial charge >= 0.3 is 0 Å². The van der Waals surface area contributed by atoms with Gasteiger partial charge in [0.2, 0.25) is 0 Å². The van der Waals surface area contributed by atoms with Crippen LogP contribution in [0.4, 0.5) is 0 Å². The zero-order valence-electron chi connectivity index (χ0n) is 39.2. The summed E-state index contributed by atoms with van der Waals surface area (Å²) in [5, 5.41) is 8.53. The number of nitrogens with zero attached hydrogens (tertiary/aromatic N) is 5. The van der Waals surface area contributed by atoms with E-state index in [0.717, 1.165) is 149 Å². The van der Waals surface area contributed by atoms with Crippen LogP contribution < -0.4 is 15.8 Å². The molecule has 71 heavy (non-hydrogen) atoms. The average Bonchev–Trinajstić information content (AvgIpc) is 4.23. The highest BCUT2D eigenvalue weighted by Gasteiger charge is 2.21. The van der Waals surface area contributed by atoms with E-state index in [0.29, 0.717) is 0 Å². The Morgan fingerprint density at radius 1 is 0.465 bits per heavy atom. The first-order valence-electron chi connectivity index (χ1n) is 24.1. The second-order valence-corrected chi connectivity index (χ2v) is 18.8. The van der Waals surface area contributed by atoms with E-state index in [2.05, 4.69) is 213 Å². The highest BCUT2D eigenvalue weighted by molar-refractivity contribution is 6.10. The molecule has 0 saturated carbocycles. The minimum Gasteiger partial charge on any atom is -0.354 e. The molecule has 0 fully saturated rings. The largest absolute Gasteiger partial charge is 0.354 e. The van der Waals surface area contributed by atoms with Gasteiger partial charge in [-0.25, -0.2) is 24.9 Å². The van der Waals surface area contributed by atoms with Crippen LogP contribution in [0.25, 0.3) is 128 Å². The first kappa shape index (κ1) is 40.7. The second kappa shape index (κ2) is 15.9. The Bertz CT molecular complexity index is 4610. The van der Waals surface area contributed by atoms with Crippen molar-refractivity contribution in [2.45, 2.75) is 20.8 Å². The fraction of sp³-hybridized carbons (Fsp3) is 0.0469. The maximum Gasteiger partial charge on any atom is 0.0893 e. The lowest BCUT2D eigenvalue weighted by atomic mass is 9.96. The van der Waals surface area contributed by atoms with Gasteiger partial charge < -0.3 is 9.97 Å². The van der Waals surface area contributed by atoms with Crippen molar-refractivity contribution in [3.63, 3.8) is 0 Å². The number of nitrogens with one attached hydrogen (secondary N) is 2. The van der Waals surface area contributed by atoms with Crippen molar-refractivity contribution >= 4 is 82.8 Å². The molecule has 0 saturated heterocycles. The monoisotopic (exact) mass is 909 g/mol. The molecule has 2 aliphatic rings. The highest BCUT2D eigenvalue weighted by Crippen LogP contribution is 2.39. The van der Waals surface area contributed by atoms with E-state index in [9.17, 15) is 0 Å². The lowest BCUT2D eigenvalue weighted by molar-refractivity contribution is 1.23. The molecule has 0 aliphatic carbocycles. The van der Waals surface area contributed by atoms with E-state index >= 15 is 0 Å². The SMILES string of the molecule is CC(C)=c1cccc(C)c2cccc(n2)c2cccc3cc(nc32)c(-c2ccc(C3=C4C=c5cccc(c5=N4)-c4cccc(n4)-c4cccc(n4)-c4cccc5cc3[nH]c45)cc2)c2cc3cccc1c3[nH]2. The summed E-state index contributed by atoms with van der Waals surface area (Å²) in [5.74, 6) is 0. The van der Waals surface area contributed by atoms with Crippen LogP contribution >= 0.6 is 0 Å². The van der Waals surface area contributed by atoms with Crippen LogP contribution in [0, 0.1) is 6.92 Å². The summed E-state index contributed by atoms with van der Waals surface area (Å²) < 4.78 is 0. The summed E-state index contributed by atoms with van der Waals surface area (Å²) in [5.41, 5.74) is 20.3. The normalized spacial score (nSPS) is 12.6. The van der Waals surface area contributed by atoms with Gasteiger partial charge in [-0.05, 0) is 103 Å². The summed E-state index contributed by atoms with van der Waals surface area (Å²) >= 11 is 0. The van der Waals surface area contributed by atoms with Gasteiger partial charge in [-0.15, -0.1) is 0 Å². The summed E-state index contributed by atoms with van der Waals surface area (Å²) in [6.45, 7) is 6.48. The molecule has 9 heterocycles. The molecule has 14 bridgehead atoms. The minimum atomic E-state index is 0.814. The number of para-hydroxylation sites is 4. The number of aromatic amines is 2. The summed E-state index contributed by atoms with van der Waals surface area (Å²) in [4.78, 5) is 34.4. The van der Waals surface area contributed by atoms with Gasteiger partial charge in [0.1, 0.15) is 0 Å². The van der Waals surface area contributed by atoms with Crippen LogP contribution in [0.3, 0.4) is 0 Å². The van der Waals surface area contributed by atoms with Crippen LogP contribution in [-0.4, -0.2) is 29.9 Å². The number of H-pyrrole nitrogens is 2. The van der Waals surface area contributed by atoms with Crippen LogP contribution in [0.1, 0.15) is 30.7 Å². The Balaban J connectivity index is 1.04. The van der Waals surface area contributed by atoms with Gasteiger partial charge in [0.05, 0.1) is 66.9 Å². The molecule has 0 radical (unpaired) electrons. The van der Waals surface area contributed by atoms with Crippen LogP contribution in [0.15, 0.2) is 199 Å². The van der Waals surface area contributed by atoms with E-state index in [4.69, 9.17) is 24.9 Å². The Labute approximate surface area is 408 Å². The molecule has 0 atom stereocenters. The number of pyridine rings is 3. The summed E-state index contributed by atoms with van der Waals surface area (Å²) in [7, 11) is 0. The standard InChI is InChI=1S/C64H43N7/c1-36(2)44-17-4-12-37(3)49-22-9-23-50(65-49)46-19-6-14-41-33-56(69-62(41)46)59(55-32-40-13-5-18-45(44)61(40)68-55)38-28-30-39(31-29-38)60-57-34-42-15-7-20-47(63(42)70-57)51-24-10-26-53(66-51)54-27-11-25-52(67-54)48-21-8-16-43-35-58(60)71-64(43)48/h4-35,68,70H,1-3H3. The molecule has 7 heteroatoms. The lowest BCUT2D eigenvalue weighted by Crippen LogP contribution is -2.23. The third-order valence-corrected chi connectivity index (χ3v) is 14.2. The number of hydrogen-bond donors (Lipinski definition) is 2. The average molecular weight is 910 g/mol. The van der Waals surface area contributed by atoms with Crippen molar-refractivity contribution in [1.82, 2.24) is 29.9 Å². The van der Waals surface area contributed by atoms with Gasteiger partial charge in [0.25, 0.3) is 0 Å². The Morgan fingerprint density at radius 3 is 1.93 bits per heavy atom. The molecule has 2 aliphatic heterocycles. The maximum absolute atomic E-state index is 5.51. The molecule has 7 aromatic heterocycles. The number of benzene rings is 5. The molecular formula is C64H43N7. The van der Waals surface area contributed by atoms with Gasteiger partial charge in [-0.3, -0.25) is 0 Å². The topological polar surface area (TPSA) is 95.5 Å². The smallest absolute Gasteiger partial charge is 0.0893 e. The number of allylic oxidation sites excluding steroid dienone is 1. The first-order chi connectivity index (χ1) is 34.9. The van der Waals surface area contributed by atoms with Crippen molar-refractivity contribution < 1.29 is 0 Å². The fourth-order valence-corrected chi connectivity index (χ4v) is 10.7. The third-order valence-electron chi connectivity index (χ3n) is 14.2. The Hall–Kier alpha value is -9.33. The van der Waals surface area contributed by atoms with E-state index in [-0.39, 0.29) is 0 Å². The van der Waals surface area contributed by atoms with Crippen molar-refractivity contribution in [3.8, 4) is 45.0 Å². The number of rotatable bonds is 2. The van der Waals surface area contributed by atoms with Crippen LogP contribution in [0.5, 0.6) is 0 Å². The molecule has 7 nitrogen and oxygen atoms in total. The van der Waals surface area contributed by atoms with Gasteiger partial charge in [-0.2, -0.15) is 0 Å². The Kier molecular flexibility index (Phi) is 9.10. The van der Waals surface area contributed by atoms with Gasteiger partial charge in [0.15, 0.2) is 0 Å². The molecule has 14 rings (SSSR count). The van der Waals surface area contributed by atoms with Crippen LogP contribution in [-0.2, 0) is 0 Å². The van der Waals surface area contributed by atoms with Crippen molar-refractivity contribution in [2.24, 2.45) is 4.99 Å². The van der Waals surface area contributed by atoms with Gasteiger partial charge in [-0.1, -0.05) is 139 Å². The molecule has 12 aromatic rings. The predicted molar refractivity (Wildman–Crippen MR) is 292 cm³/mol. The fourth-order valence-electron chi connectivity index (χ4n) is 10.7. The third kappa shape index (κ3) is 6.69. The molecule has 0 spiro atoms. The minimum absolute atomic E-state index is 0.814. The molecule has 2 N–H and O–H groups in total. The second-order valence-electron chi connectivity index (χ2n) is 18.8. The first-order valence-corrected chi connectivity index (χ1v) is 24.1. The highest BCUT2D eigenvalue weighted by atomic mass is 14.8. The maximum atomic E-state index is 5.51. The summed E-state index contributed by atoms with van der Waals surface area (Å²) in [6, 6.07) is 66.5. The quantitative estimate of drug-likeness (QED) is 0.181. The number of aryl methyl sites for hydroxylation is 1. The molecular weight excluding hydrogens is 867 g/mol. The van der Waals surface area contributed by atoms with Crippen molar-refractivity contribution in [1.29, 1.82) is 0 Å². The van der Waals surface area contributed by atoms with E-state index in [1.165, 1.54) is 10.8 Å². The van der Waals surface area contributed by atoms with E-state index in [1.54, 1.807) is 0 Å². The summed E-state index contributed by atoms with van der Waals surface area (Å²) in [6.07, 6.45) is 2.21. The van der Waals surface area contributed by atoms with E-state index in [1.807, 2.05) is 12.1 Å². The zero-order valence-corrected chi connectivity index (χ0v) is 39.2. The lowest BCUT2D eigenvalue weighted by Gasteiger charge is -2.10. The number of hydrogen-bond acceptors (Lipinski definition) is 5. The number of fused-ring (bicyclic) bond motifs is 14. The van der Waals surface area contributed by atoms with Gasteiger partial charge in [0, 0.05) is 65.6 Å². The van der Waals surface area contributed by atoms with Crippen molar-refractivity contribution in [2.75, 3.05) is 0 Å². The predicted octanol–water partition coefficient (Wildman–Crippen LogP) is 13.6. The zero-order chi connectivity index (χ0) is 47.3. The van der Waals surface area contributed by atoms with Crippen LogP contribution in [0.2, 0.25) is 0 Å². The number of aromatic nitrogens is 6. The molecule has 0 amide bonds. The van der Waals surface area contributed by atoms with Crippen molar-refractivity contribution in [3.05, 3.63) is 226 Å². The molecule has 334 valence electrons. The van der Waals surface area contributed by atoms with E-state index < -0.39 is 0 Å².